The van der Waals surface area contributed by atoms with Crippen LogP contribution in [0.2, 0.25) is 0 Å². The molecule has 1 heterocycles. The first-order valence-corrected chi connectivity index (χ1v) is 7.70. The quantitative estimate of drug-likeness (QED) is 0.342. The first kappa shape index (κ1) is 16.1. The molecule has 2 amide bonds. The predicted octanol–water partition coefficient (Wildman–Crippen LogP) is 1.46. The maximum absolute atomic E-state index is 12.5. The second-order valence-corrected chi connectivity index (χ2v) is 5.92. The lowest BCUT2D eigenvalue weighted by Crippen LogP contribution is -2.36. The first-order valence-electron chi connectivity index (χ1n) is 7.70. The number of ketones is 1. The minimum atomic E-state index is -0.575. The van der Waals surface area contributed by atoms with Crippen LogP contribution in [0.1, 0.15) is 27.1 Å². The largest absolute Gasteiger partial charge is 0.465 e. The molecule has 0 spiro atoms. The number of nitrogens with zero attached hydrogens (tertiary/aromatic N) is 1. The molecule has 1 aliphatic carbocycles. The number of rotatable bonds is 6. The molecule has 0 N–H and O–H groups in total. The molecule has 3 rings (SSSR count). The number of amides is 2. The average molecular weight is 327 g/mol. The number of piperidine rings is 1. The third kappa shape index (κ3) is 2.44. The number of carbonyl (C=O) groups excluding carboxylic acids is 4. The van der Waals surface area contributed by atoms with Crippen molar-refractivity contribution in [3.05, 3.63) is 48.0 Å². The lowest BCUT2D eigenvalue weighted by Gasteiger charge is -2.17. The van der Waals surface area contributed by atoms with Crippen molar-refractivity contribution in [2.75, 3.05) is 13.7 Å². The molecule has 0 aromatic heterocycles. The van der Waals surface area contributed by atoms with Gasteiger partial charge in [-0.05, 0) is 18.6 Å². The van der Waals surface area contributed by atoms with Crippen molar-refractivity contribution >= 4 is 23.6 Å². The maximum Gasteiger partial charge on any atom is 0.337 e. The topological polar surface area (TPSA) is 80.8 Å². The Morgan fingerprint density at radius 3 is 2.17 bits per heavy atom. The molecule has 1 saturated carbocycles. The second kappa shape index (κ2) is 6.03. The molecule has 2 aliphatic rings. The van der Waals surface area contributed by atoms with Gasteiger partial charge >= 0.3 is 5.97 Å². The summed E-state index contributed by atoms with van der Waals surface area (Å²) in [6.07, 6.45) is 2.19. The molecule has 1 aromatic carbocycles. The van der Waals surface area contributed by atoms with Crippen molar-refractivity contribution in [3.63, 3.8) is 0 Å². The van der Waals surface area contributed by atoms with E-state index >= 15 is 0 Å². The molecule has 2 fully saturated rings. The molecule has 1 unspecified atom stereocenters. The number of esters is 1. The van der Waals surface area contributed by atoms with E-state index in [1.165, 1.54) is 36.3 Å². The lowest BCUT2D eigenvalue weighted by molar-refractivity contribution is -0.141. The van der Waals surface area contributed by atoms with Gasteiger partial charge in [-0.25, -0.2) is 4.79 Å². The van der Waals surface area contributed by atoms with Gasteiger partial charge in [-0.15, -0.1) is 6.58 Å². The maximum atomic E-state index is 12.5. The van der Waals surface area contributed by atoms with E-state index in [0.717, 1.165) is 0 Å². The Morgan fingerprint density at radius 2 is 1.67 bits per heavy atom. The molecular formula is C18H17NO5. The van der Waals surface area contributed by atoms with Gasteiger partial charge in [0.2, 0.25) is 11.8 Å². The van der Waals surface area contributed by atoms with Crippen LogP contribution in [-0.2, 0) is 14.3 Å². The Kier molecular flexibility index (Phi) is 4.05. The van der Waals surface area contributed by atoms with Crippen LogP contribution >= 0.6 is 0 Å². The third-order valence-electron chi connectivity index (χ3n) is 4.57. The summed E-state index contributed by atoms with van der Waals surface area (Å²) >= 11 is 0. The molecule has 24 heavy (non-hydrogen) atoms. The molecular weight excluding hydrogens is 310 g/mol. The Balaban J connectivity index is 1.71. The van der Waals surface area contributed by atoms with Gasteiger partial charge in [0, 0.05) is 18.0 Å². The fraction of sp³-hybridized carbons (Fsp3) is 0.333. The van der Waals surface area contributed by atoms with E-state index in [1.807, 2.05) is 0 Å². The molecule has 0 bridgehead atoms. The number of fused-ring (bicyclic) bond motifs is 1. The number of likely N-dealkylation sites (tertiary alicyclic amines) is 1. The third-order valence-corrected chi connectivity index (χ3v) is 4.57. The van der Waals surface area contributed by atoms with Gasteiger partial charge in [-0.2, -0.15) is 0 Å². The number of imide groups is 1. The highest BCUT2D eigenvalue weighted by Crippen LogP contribution is 2.54. The molecule has 0 radical (unpaired) electrons. The van der Waals surface area contributed by atoms with E-state index in [4.69, 9.17) is 0 Å². The van der Waals surface area contributed by atoms with Crippen LogP contribution in [0, 0.1) is 17.8 Å². The van der Waals surface area contributed by atoms with Crippen LogP contribution in [0.3, 0.4) is 0 Å². The van der Waals surface area contributed by atoms with E-state index in [2.05, 4.69) is 11.3 Å². The molecule has 6 heteroatoms. The van der Waals surface area contributed by atoms with Gasteiger partial charge in [-0.3, -0.25) is 19.3 Å². The van der Waals surface area contributed by atoms with Crippen molar-refractivity contribution in [1.82, 2.24) is 4.90 Å². The molecule has 1 aromatic rings. The van der Waals surface area contributed by atoms with E-state index < -0.39 is 23.7 Å². The summed E-state index contributed by atoms with van der Waals surface area (Å²) in [5, 5.41) is 0. The van der Waals surface area contributed by atoms with Crippen molar-refractivity contribution in [2.45, 2.75) is 6.42 Å². The van der Waals surface area contributed by atoms with Gasteiger partial charge in [0.1, 0.15) is 0 Å². The summed E-state index contributed by atoms with van der Waals surface area (Å²) in [5.41, 5.74) is 0.730. The summed E-state index contributed by atoms with van der Waals surface area (Å²) in [6, 6.07) is 6.04. The number of carbonyl (C=O) groups is 4. The molecule has 1 saturated heterocycles. The fourth-order valence-corrected chi connectivity index (χ4v) is 3.24. The van der Waals surface area contributed by atoms with Crippen molar-refractivity contribution in [3.8, 4) is 0 Å². The van der Waals surface area contributed by atoms with Crippen LogP contribution in [-0.4, -0.2) is 42.1 Å². The van der Waals surface area contributed by atoms with E-state index in [1.54, 1.807) is 6.08 Å². The first-order chi connectivity index (χ1) is 11.5. The summed E-state index contributed by atoms with van der Waals surface area (Å²) in [4.78, 5) is 49.6. The average Bonchev–Trinajstić information content (AvgIpc) is 3.30. The predicted molar refractivity (Wildman–Crippen MR) is 84.1 cm³/mol. The van der Waals surface area contributed by atoms with Crippen molar-refractivity contribution in [1.29, 1.82) is 0 Å². The van der Waals surface area contributed by atoms with Crippen molar-refractivity contribution < 1.29 is 23.9 Å². The van der Waals surface area contributed by atoms with Crippen LogP contribution in [0.4, 0.5) is 0 Å². The number of hydrogen-bond acceptors (Lipinski definition) is 5. The number of ether oxygens (including phenoxy) is 1. The number of hydrogen-bond donors (Lipinski definition) is 0. The summed E-state index contributed by atoms with van der Waals surface area (Å²) in [5.74, 6) is -2.89. The molecule has 1 aliphatic heterocycles. The Bertz CT molecular complexity index is 714. The van der Waals surface area contributed by atoms with Crippen LogP contribution < -0.4 is 0 Å². The van der Waals surface area contributed by atoms with Gasteiger partial charge in [0.25, 0.3) is 0 Å². The number of benzene rings is 1. The second-order valence-electron chi connectivity index (χ2n) is 5.92. The standard InChI is InChI=1S/C18H17NO5/c1-3-4-9-19-16(21)13-12(14(13)17(19)22)15(20)10-5-7-11(8-6-10)18(23)24-2/h3,5-8,12-14H,1,4,9H2,2H3/t12?,13-,14+. The monoisotopic (exact) mass is 327 g/mol. The van der Waals surface area contributed by atoms with E-state index in [9.17, 15) is 19.2 Å². The molecule has 6 nitrogen and oxygen atoms in total. The highest BCUT2D eigenvalue weighted by Gasteiger charge is 2.69. The fourth-order valence-electron chi connectivity index (χ4n) is 3.24. The van der Waals surface area contributed by atoms with Gasteiger partial charge < -0.3 is 4.74 Å². The Hall–Kier alpha value is -2.76. The highest BCUT2D eigenvalue weighted by molar-refractivity contribution is 6.17. The number of methoxy groups -OCH3 is 1. The summed E-state index contributed by atoms with van der Waals surface area (Å²) in [6.45, 7) is 3.90. The minimum absolute atomic E-state index is 0.230. The van der Waals surface area contributed by atoms with Gasteiger partial charge in [0.05, 0.1) is 24.5 Å². The van der Waals surface area contributed by atoms with Gasteiger partial charge in [0.15, 0.2) is 5.78 Å². The van der Waals surface area contributed by atoms with Gasteiger partial charge in [-0.1, -0.05) is 18.2 Å². The lowest BCUT2D eigenvalue weighted by atomic mass is 10.0. The minimum Gasteiger partial charge on any atom is -0.465 e. The summed E-state index contributed by atoms with van der Waals surface area (Å²) in [7, 11) is 1.28. The zero-order chi connectivity index (χ0) is 17.4. The zero-order valence-corrected chi connectivity index (χ0v) is 13.2. The zero-order valence-electron chi connectivity index (χ0n) is 13.2. The molecule has 3 atom stereocenters. The SMILES string of the molecule is C=CCCN1C(=O)[C@@H]2C(C(=O)c3ccc(C(=O)OC)cc3)[C@@H]2C1=O. The summed E-state index contributed by atoms with van der Waals surface area (Å²) < 4.78 is 4.60. The van der Waals surface area contributed by atoms with Crippen LogP contribution in [0.15, 0.2) is 36.9 Å². The Labute approximate surface area is 139 Å². The number of Topliss-reactive ketones (excluding diaryl/α,β-unsaturated/α-hetero) is 1. The van der Waals surface area contributed by atoms with E-state index in [-0.39, 0.29) is 17.6 Å². The van der Waals surface area contributed by atoms with E-state index in [0.29, 0.717) is 24.1 Å². The Morgan fingerprint density at radius 1 is 1.12 bits per heavy atom. The van der Waals surface area contributed by atoms with Crippen LogP contribution in [0.5, 0.6) is 0 Å². The van der Waals surface area contributed by atoms with Crippen LogP contribution in [0.25, 0.3) is 0 Å². The smallest absolute Gasteiger partial charge is 0.337 e. The van der Waals surface area contributed by atoms with Crippen molar-refractivity contribution in [2.24, 2.45) is 17.8 Å². The normalized spacial score (nSPS) is 24.5. The molecule has 124 valence electrons. The highest BCUT2D eigenvalue weighted by atomic mass is 16.5.